The maximum Gasteiger partial charge on any atom is 0.416 e. The van der Waals surface area contributed by atoms with Crippen LogP contribution in [0, 0.1) is 6.92 Å². The Bertz CT molecular complexity index is 1240. The topological polar surface area (TPSA) is 88.3 Å². The van der Waals surface area contributed by atoms with Crippen LogP contribution < -0.4 is 11.1 Å². The molecule has 0 saturated carbocycles. The van der Waals surface area contributed by atoms with E-state index in [4.69, 9.17) is 5.73 Å². The summed E-state index contributed by atoms with van der Waals surface area (Å²) < 4.78 is 38.9. The van der Waals surface area contributed by atoms with Gasteiger partial charge in [-0.2, -0.15) is 13.2 Å². The van der Waals surface area contributed by atoms with Gasteiger partial charge in [-0.15, -0.1) is 0 Å². The Morgan fingerprint density at radius 3 is 2.62 bits per heavy atom. The summed E-state index contributed by atoms with van der Waals surface area (Å²) in [6.45, 7) is 2.96. The van der Waals surface area contributed by atoms with Crippen LogP contribution in [-0.4, -0.2) is 34.8 Å². The summed E-state index contributed by atoms with van der Waals surface area (Å²) in [5.41, 5.74) is 8.04. The first-order valence-electron chi connectivity index (χ1n) is 10.7. The second-order valence-corrected chi connectivity index (χ2v) is 8.35. The Kier molecular flexibility index (Phi) is 6.28. The van der Waals surface area contributed by atoms with Crippen molar-refractivity contribution in [2.75, 3.05) is 24.1 Å². The first kappa shape index (κ1) is 23.3. The Labute approximate surface area is 194 Å². The van der Waals surface area contributed by atoms with Crippen molar-refractivity contribution in [1.82, 2.24) is 9.88 Å². The molecule has 0 bridgehead atoms. The Morgan fingerprint density at radius 1 is 1.09 bits per heavy atom. The number of aromatic nitrogens is 1. The molecule has 3 N–H and O–H groups in total. The lowest BCUT2D eigenvalue weighted by atomic mass is 9.92. The molecule has 2 aromatic carbocycles. The molecule has 1 atom stereocenters. The van der Waals surface area contributed by atoms with Gasteiger partial charge in [-0.3, -0.25) is 14.6 Å². The predicted octanol–water partition coefficient (Wildman–Crippen LogP) is 4.87. The number of alkyl halides is 3. The lowest BCUT2D eigenvalue weighted by molar-refractivity contribution is -0.137. The van der Waals surface area contributed by atoms with Crippen molar-refractivity contribution in [2.24, 2.45) is 0 Å². The lowest BCUT2D eigenvalue weighted by Gasteiger charge is -2.18. The Morgan fingerprint density at radius 2 is 1.88 bits per heavy atom. The second kappa shape index (κ2) is 9.17. The third-order valence-corrected chi connectivity index (χ3v) is 5.91. The molecule has 1 aromatic heterocycles. The molecule has 2 amide bonds. The van der Waals surface area contributed by atoms with Crippen LogP contribution in [0.4, 0.5) is 24.5 Å². The molecule has 176 valence electrons. The SMILES string of the molecule is Cc1ccc(C(=O)Nc2cccc(C(F)(F)F)c2)cc1[C@@H]1CCN(C(=O)c2cncc(N)c2)C1. The summed E-state index contributed by atoms with van der Waals surface area (Å²) in [7, 11) is 0. The fourth-order valence-electron chi connectivity index (χ4n) is 4.15. The minimum absolute atomic E-state index is 0.0271. The van der Waals surface area contributed by atoms with Crippen LogP contribution >= 0.6 is 0 Å². The molecule has 2 heterocycles. The van der Waals surface area contributed by atoms with E-state index in [1.807, 2.05) is 13.0 Å². The maximum atomic E-state index is 13.0. The standard InChI is InChI=1S/C25H23F3N4O2/c1-15-5-6-16(23(33)31-21-4-2-3-19(11-21)25(26,27)28)10-22(15)17-7-8-32(14-17)24(34)18-9-20(29)13-30-12-18/h2-6,9-13,17H,7-8,14,29H2,1H3,(H,31,33)/t17-/m1/s1. The summed E-state index contributed by atoms with van der Waals surface area (Å²) in [6, 6.07) is 11.3. The molecule has 0 aliphatic carbocycles. The quantitative estimate of drug-likeness (QED) is 0.572. The zero-order valence-corrected chi connectivity index (χ0v) is 18.4. The van der Waals surface area contributed by atoms with Crippen LogP contribution in [0.15, 0.2) is 60.9 Å². The van der Waals surface area contributed by atoms with E-state index in [9.17, 15) is 22.8 Å². The number of likely N-dealkylation sites (tertiary alicyclic amines) is 1. The molecular formula is C25H23F3N4O2. The highest BCUT2D eigenvalue weighted by atomic mass is 19.4. The fraction of sp³-hybridized carbons (Fsp3) is 0.240. The number of nitrogen functional groups attached to an aromatic ring is 1. The zero-order chi connectivity index (χ0) is 24.5. The largest absolute Gasteiger partial charge is 0.416 e. The van der Waals surface area contributed by atoms with Gasteiger partial charge in [-0.05, 0) is 60.9 Å². The van der Waals surface area contributed by atoms with Crippen LogP contribution in [0.5, 0.6) is 0 Å². The van der Waals surface area contributed by atoms with E-state index in [-0.39, 0.29) is 17.5 Å². The third kappa shape index (κ3) is 5.03. The smallest absolute Gasteiger partial charge is 0.397 e. The average molecular weight is 468 g/mol. The van der Waals surface area contributed by atoms with Gasteiger partial charge in [-0.1, -0.05) is 12.1 Å². The number of carbonyl (C=O) groups is 2. The van der Waals surface area contributed by atoms with Gasteiger partial charge in [0.1, 0.15) is 0 Å². The molecule has 1 aliphatic heterocycles. The molecule has 3 aromatic rings. The number of halogens is 3. The molecule has 0 unspecified atom stereocenters. The van der Waals surface area contributed by atoms with E-state index in [1.165, 1.54) is 24.5 Å². The van der Waals surface area contributed by atoms with E-state index in [0.29, 0.717) is 29.9 Å². The van der Waals surface area contributed by atoms with Crippen molar-refractivity contribution in [2.45, 2.75) is 25.4 Å². The number of pyridine rings is 1. The normalized spacial score (nSPS) is 15.9. The number of carbonyl (C=O) groups excluding carboxylic acids is 2. The van der Waals surface area contributed by atoms with Crippen LogP contribution in [0.2, 0.25) is 0 Å². The van der Waals surface area contributed by atoms with Crippen molar-refractivity contribution in [3.63, 3.8) is 0 Å². The number of nitrogens with zero attached hydrogens (tertiary/aromatic N) is 2. The maximum absolute atomic E-state index is 13.0. The van der Waals surface area contributed by atoms with Gasteiger partial charge in [0.05, 0.1) is 16.8 Å². The molecule has 1 aliphatic rings. The molecule has 4 rings (SSSR count). The Hall–Kier alpha value is -3.88. The van der Waals surface area contributed by atoms with E-state index in [0.717, 1.165) is 29.7 Å². The number of hydrogen-bond acceptors (Lipinski definition) is 4. The van der Waals surface area contributed by atoms with Crippen LogP contribution in [0.3, 0.4) is 0 Å². The number of anilines is 2. The van der Waals surface area contributed by atoms with E-state index in [2.05, 4.69) is 10.3 Å². The van der Waals surface area contributed by atoms with Gasteiger partial charge in [0.2, 0.25) is 0 Å². The number of amides is 2. The third-order valence-electron chi connectivity index (χ3n) is 5.91. The molecular weight excluding hydrogens is 445 g/mol. The zero-order valence-electron chi connectivity index (χ0n) is 18.4. The monoisotopic (exact) mass is 468 g/mol. The van der Waals surface area contributed by atoms with Crippen molar-refractivity contribution in [3.05, 3.63) is 88.7 Å². The first-order valence-corrected chi connectivity index (χ1v) is 10.7. The number of rotatable bonds is 4. The number of hydrogen-bond donors (Lipinski definition) is 2. The molecule has 1 saturated heterocycles. The number of benzene rings is 2. The summed E-state index contributed by atoms with van der Waals surface area (Å²) in [5, 5.41) is 2.54. The van der Waals surface area contributed by atoms with Crippen LogP contribution in [0.1, 0.15) is 49.7 Å². The summed E-state index contributed by atoms with van der Waals surface area (Å²) in [6.07, 6.45) is -0.815. The highest BCUT2D eigenvalue weighted by Crippen LogP contribution is 2.32. The fourth-order valence-corrected chi connectivity index (χ4v) is 4.15. The van der Waals surface area contributed by atoms with Gasteiger partial charge in [-0.25, -0.2) is 0 Å². The summed E-state index contributed by atoms with van der Waals surface area (Å²) >= 11 is 0. The minimum atomic E-state index is -4.49. The first-order chi connectivity index (χ1) is 16.1. The second-order valence-electron chi connectivity index (χ2n) is 8.35. The summed E-state index contributed by atoms with van der Waals surface area (Å²) in [5.74, 6) is -0.630. The number of nitrogens with two attached hydrogens (primary N) is 1. The van der Waals surface area contributed by atoms with Gasteiger partial charge >= 0.3 is 6.18 Å². The van der Waals surface area contributed by atoms with Crippen molar-refractivity contribution in [1.29, 1.82) is 0 Å². The lowest BCUT2D eigenvalue weighted by Crippen LogP contribution is -2.28. The molecule has 0 radical (unpaired) electrons. The summed E-state index contributed by atoms with van der Waals surface area (Å²) in [4.78, 5) is 31.3. The van der Waals surface area contributed by atoms with Gasteiger partial charge in [0, 0.05) is 42.7 Å². The molecule has 9 heteroatoms. The van der Waals surface area contributed by atoms with Gasteiger partial charge < -0.3 is 16.0 Å². The van der Waals surface area contributed by atoms with Crippen molar-refractivity contribution < 1.29 is 22.8 Å². The van der Waals surface area contributed by atoms with Crippen LogP contribution in [-0.2, 0) is 6.18 Å². The highest BCUT2D eigenvalue weighted by Gasteiger charge is 2.31. The molecule has 34 heavy (non-hydrogen) atoms. The van der Waals surface area contributed by atoms with E-state index < -0.39 is 17.6 Å². The minimum Gasteiger partial charge on any atom is -0.397 e. The van der Waals surface area contributed by atoms with Gasteiger partial charge in [0.25, 0.3) is 11.8 Å². The average Bonchev–Trinajstić information content (AvgIpc) is 3.28. The van der Waals surface area contributed by atoms with Crippen molar-refractivity contribution in [3.8, 4) is 0 Å². The number of nitrogens with one attached hydrogen (secondary N) is 1. The number of aryl methyl sites for hydroxylation is 1. The molecule has 1 fully saturated rings. The molecule has 6 nitrogen and oxygen atoms in total. The van der Waals surface area contributed by atoms with E-state index in [1.54, 1.807) is 23.1 Å². The van der Waals surface area contributed by atoms with Gasteiger partial charge in [0.15, 0.2) is 0 Å². The van der Waals surface area contributed by atoms with Crippen LogP contribution in [0.25, 0.3) is 0 Å². The van der Waals surface area contributed by atoms with Crippen molar-refractivity contribution >= 4 is 23.2 Å². The highest BCUT2D eigenvalue weighted by molar-refractivity contribution is 6.04. The molecule has 0 spiro atoms. The van der Waals surface area contributed by atoms with E-state index >= 15 is 0 Å². The predicted molar refractivity (Wildman–Crippen MR) is 122 cm³/mol. The Balaban J connectivity index is 1.49.